The minimum atomic E-state index is -0.755. The third kappa shape index (κ3) is 3.10. The van der Waals surface area contributed by atoms with Crippen LogP contribution in [0.5, 0.6) is 0 Å². The van der Waals surface area contributed by atoms with Crippen molar-refractivity contribution in [2.45, 2.75) is 39.5 Å². The van der Waals surface area contributed by atoms with Crippen molar-refractivity contribution in [1.29, 1.82) is 0 Å². The van der Waals surface area contributed by atoms with Crippen LogP contribution in [0.1, 0.15) is 35.3 Å². The van der Waals surface area contributed by atoms with E-state index in [1.807, 2.05) is 6.92 Å². The van der Waals surface area contributed by atoms with Crippen LogP contribution in [0.25, 0.3) is 0 Å². The average molecular weight is 213 g/mol. The number of carbonyl (C=O) groups is 1. The summed E-state index contributed by atoms with van der Waals surface area (Å²) in [5.74, 6) is -0.755. The minimum absolute atomic E-state index is 0.177. The molecule has 0 fully saturated rings. The molecule has 4 heteroatoms. The molecule has 3 nitrogen and oxygen atoms in total. The van der Waals surface area contributed by atoms with Crippen LogP contribution in [-0.4, -0.2) is 16.1 Å². The van der Waals surface area contributed by atoms with Crippen molar-refractivity contribution in [3.8, 4) is 0 Å². The molecule has 14 heavy (non-hydrogen) atoms. The van der Waals surface area contributed by atoms with E-state index in [1.54, 1.807) is 11.3 Å². The van der Waals surface area contributed by atoms with E-state index in [-0.39, 0.29) is 6.42 Å². The number of aromatic nitrogens is 1. The summed E-state index contributed by atoms with van der Waals surface area (Å²) in [5.41, 5.74) is 0.959. The maximum Gasteiger partial charge on any atom is 0.303 e. The Bertz CT molecular complexity index is 320. The highest BCUT2D eigenvalue weighted by atomic mass is 32.1. The van der Waals surface area contributed by atoms with Crippen LogP contribution in [0.15, 0.2) is 0 Å². The molecule has 1 aromatic rings. The third-order valence-electron chi connectivity index (χ3n) is 1.98. The number of carboxylic acids is 1. The second kappa shape index (κ2) is 5.10. The second-order valence-corrected chi connectivity index (χ2v) is 4.54. The van der Waals surface area contributed by atoms with Gasteiger partial charge in [0.1, 0.15) is 0 Å². The number of hydrogen-bond donors (Lipinski definition) is 1. The summed E-state index contributed by atoms with van der Waals surface area (Å²) in [6.07, 6.45) is 2.82. The fourth-order valence-electron chi connectivity index (χ4n) is 1.27. The van der Waals surface area contributed by atoms with Crippen LogP contribution in [-0.2, 0) is 17.6 Å². The molecule has 1 aromatic heterocycles. The number of aryl methyl sites for hydroxylation is 3. The van der Waals surface area contributed by atoms with E-state index in [0.717, 1.165) is 28.4 Å². The smallest absolute Gasteiger partial charge is 0.303 e. The molecule has 0 aliphatic rings. The van der Waals surface area contributed by atoms with Gasteiger partial charge in [-0.3, -0.25) is 4.79 Å². The van der Waals surface area contributed by atoms with Gasteiger partial charge in [0.15, 0.2) is 0 Å². The lowest BCUT2D eigenvalue weighted by atomic mass is 10.2. The summed E-state index contributed by atoms with van der Waals surface area (Å²) in [5, 5.41) is 9.68. The van der Waals surface area contributed by atoms with Crippen LogP contribution in [0.3, 0.4) is 0 Å². The Hall–Kier alpha value is -0.900. The van der Waals surface area contributed by atoms with E-state index in [9.17, 15) is 4.79 Å². The molecule has 0 aliphatic heterocycles. The molecule has 0 aliphatic carbocycles. The minimum Gasteiger partial charge on any atom is -0.481 e. The van der Waals surface area contributed by atoms with Gasteiger partial charge in [-0.15, -0.1) is 11.3 Å². The highest BCUT2D eigenvalue weighted by Crippen LogP contribution is 2.19. The standard InChI is InChI=1S/C10H15NO2S/c1-3-4-9-11-8(7(2)14-9)5-6-10(12)13/h3-6H2,1-2H3,(H,12,13). The van der Waals surface area contributed by atoms with Crippen LogP contribution < -0.4 is 0 Å². The topological polar surface area (TPSA) is 50.2 Å². The average Bonchev–Trinajstić information content (AvgIpc) is 2.44. The van der Waals surface area contributed by atoms with Crippen molar-refractivity contribution >= 4 is 17.3 Å². The molecule has 1 rings (SSSR count). The van der Waals surface area contributed by atoms with Gasteiger partial charge >= 0.3 is 5.97 Å². The highest BCUT2D eigenvalue weighted by molar-refractivity contribution is 7.11. The molecule has 1 heterocycles. The first kappa shape index (κ1) is 11.2. The fraction of sp³-hybridized carbons (Fsp3) is 0.600. The van der Waals surface area contributed by atoms with Crippen molar-refractivity contribution in [3.63, 3.8) is 0 Å². The summed E-state index contributed by atoms with van der Waals surface area (Å²) in [6.45, 7) is 4.13. The van der Waals surface area contributed by atoms with Crippen LogP contribution >= 0.6 is 11.3 Å². The van der Waals surface area contributed by atoms with E-state index in [1.165, 1.54) is 0 Å². The largest absolute Gasteiger partial charge is 0.481 e. The SMILES string of the molecule is CCCc1nc(CCC(=O)O)c(C)s1. The Morgan fingerprint density at radius 1 is 1.50 bits per heavy atom. The van der Waals surface area contributed by atoms with Gasteiger partial charge in [0.25, 0.3) is 0 Å². The quantitative estimate of drug-likeness (QED) is 0.817. The molecule has 0 saturated heterocycles. The summed E-state index contributed by atoms with van der Waals surface area (Å²) in [4.78, 5) is 16.0. The first-order chi connectivity index (χ1) is 6.63. The van der Waals surface area contributed by atoms with Crippen LogP contribution in [0, 0.1) is 6.92 Å². The molecule has 0 unspecified atom stereocenters. The molecule has 78 valence electrons. The molecule has 0 atom stereocenters. The van der Waals surface area contributed by atoms with Crippen molar-refractivity contribution in [2.75, 3.05) is 0 Å². The lowest BCUT2D eigenvalue weighted by Crippen LogP contribution is -1.98. The molecule has 0 bridgehead atoms. The molecular formula is C10H15NO2S. The van der Waals surface area contributed by atoms with Gasteiger partial charge in [-0.05, 0) is 19.8 Å². The number of hydrogen-bond acceptors (Lipinski definition) is 3. The third-order valence-corrected chi connectivity index (χ3v) is 3.05. The number of rotatable bonds is 5. The van der Waals surface area contributed by atoms with Gasteiger partial charge in [0, 0.05) is 11.3 Å². The van der Waals surface area contributed by atoms with Gasteiger partial charge in [0.2, 0.25) is 0 Å². The van der Waals surface area contributed by atoms with Gasteiger partial charge in [0.05, 0.1) is 17.1 Å². The number of thiazole rings is 1. The molecule has 0 spiro atoms. The maximum atomic E-state index is 10.4. The summed E-state index contributed by atoms with van der Waals surface area (Å²) in [7, 11) is 0. The zero-order chi connectivity index (χ0) is 10.6. The monoisotopic (exact) mass is 213 g/mol. The Labute approximate surface area is 87.8 Å². The highest BCUT2D eigenvalue weighted by Gasteiger charge is 2.08. The predicted molar refractivity (Wildman–Crippen MR) is 56.8 cm³/mol. The van der Waals surface area contributed by atoms with Crippen molar-refractivity contribution in [3.05, 3.63) is 15.6 Å². The van der Waals surface area contributed by atoms with Crippen LogP contribution in [0.2, 0.25) is 0 Å². The van der Waals surface area contributed by atoms with Crippen molar-refractivity contribution in [2.24, 2.45) is 0 Å². The van der Waals surface area contributed by atoms with E-state index < -0.39 is 5.97 Å². The van der Waals surface area contributed by atoms with E-state index >= 15 is 0 Å². The number of carboxylic acid groups (broad SMARTS) is 1. The zero-order valence-electron chi connectivity index (χ0n) is 8.54. The van der Waals surface area contributed by atoms with Crippen LogP contribution in [0.4, 0.5) is 0 Å². The Balaban J connectivity index is 2.62. The van der Waals surface area contributed by atoms with Gasteiger partial charge in [-0.1, -0.05) is 6.92 Å². The molecule has 0 radical (unpaired) electrons. The van der Waals surface area contributed by atoms with E-state index in [2.05, 4.69) is 11.9 Å². The normalized spacial score (nSPS) is 10.4. The predicted octanol–water partition coefficient (Wildman–Crippen LogP) is 2.42. The number of nitrogens with zero attached hydrogens (tertiary/aromatic N) is 1. The number of aliphatic carboxylic acids is 1. The first-order valence-electron chi connectivity index (χ1n) is 4.80. The summed E-state index contributed by atoms with van der Waals surface area (Å²) < 4.78 is 0. The van der Waals surface area contributed by atoms with Gasteiger partial charge in [-0.2, -0.15) is 0 Å². The lowest BCUT2D eigenvalue weighted by Gasteiger charge is -1.93. The van der Waals surface area contributed by atoms with Crippen molar-refractivity contribution in [1.82, 2.24) is 4.98 Å². The molecular weight excluding hydrogens is 198 g/mol. The zero-order valence-corrected chi connectivity index (χ0v) is 9.36. The molecule has 0 amide bonds. The van der Waals surface area contributed by atoms with Crippen molar-refractivity contribution < 1.29 is 9.90 Å². The fourth-order valence-corrected chi connectivity index (χ4v) is 2.35. The maximum absolute atomic E-state index is 10.4. The molecule has 1 N–H and O–H groups in total. The Morgan fingerprint density at radius 2 is 2.21 bits per heavy atom. The molecule has 0 saturated carbocycles. The lowest BCUT2D eigenvalue weighted by molar-refractivity contribution is -0.136. The first-order valence-corrected chi connectivity index (χ1v) is 5.62. The summed E-state index contributed by atoms with van der Waals surface area (Å²) >= 11 is 1.69. The van der Waals surface area contributed by atoms with E-state index in [0.29, 0.717) is 6.42 Å². The Morgan fingerprint density at radius 3 is 2.79 bits per heavy atom. The Kier molecular flexibility index (Phi) is 4.07. The van der Waals surface area contributed by atoms with E-state index in [4.69, 9.17) is 5.11 Å². The second-order valence-electron chi connectivity index (χ2n) is 3.25. The van der Waals surface area contributed by atoms with Gasteiger partial charge < -0.3 is 5.11 Å². The van der Waals surface area contributed by atoms with Gasteiger partial charge in [-0.25, -0.2) is 4.98 Å². The molecule has 0 aromatic carbocycles. The summed E-state index contributed by atoms with van der Waals surface area (Å²) in [6, 6.07) is 0.